The van der Waals surface area contributed by atoms with Gasteiger partial charge in [-0.25, -0.2) is 13.6 Å². The van der Waals surface area contributed by atoms with Gasteiger partial charge in [-0.1, -0.05) is 28.1 Å². The first-order valence-corrected chi connectivity index (χ1v) is 8.61. The van der Waals surface area contributed by atoms with Gasteiger partial charge >= 0.3 is 0 Å². The van der Waals surface area contributed by atoms with Gasteiger partial charge in [0.1, 0.15) is 0 Å². The highest BCUT2D eigenvalue weighted by Gasteiger charge is 2.29. The highest BCUT2D eigenvalue weighted by atomic mass is 79.9. The van der Waals surface area contributed by atoms with Crippen LogP contribution in [0.2, 0.25) is 0 Å². The first kappa shape index (κ1) is 16.1. The Bertz CT molecular complexity index is 791. The van der Waals surface area contributed by atoms with E-state index in [2.05, 4.69) is 26.1 Å². The minimum absolute atomic E-state index is 0.232. The fraction of sp³-hybridized carbons (Fsp3) is 0.385. The fourth-order valence-corrected chi connectivity index (χ4v) is 3.22. The summed E-state index contributed by atoms with van der Waals surface area (Å²) in [6.07, 6.45) is 0. The van der Waals surface area contributed by atoms with E-state index in [0.29, 0.717) is 5.82 Å². The van der Waals surface area contributed by atoms with E-state index in [9.17, 15) is 8.42 Å². The Kier molecular flexibility index (Phi) is 3.98. The second-order valence-corrected chi connectivity index (χ2v) is 8.08. The minimum atomic E-state index is -3.95. The zero-order valence-corrected chi connectivity index (χ0v) is 14.7. The van der Waals surface area contributed by atoms with Crippen molar-refractivity contribution in [3.63, 3.8) is 0 Å². The maximum atomic E-state index is 11.7. The lowest BCUT2D eigenvalue weighted by Crippen LogP contribution is -2.29. The zero-order valence-electron chi connectivity index (χ0n) is 12.3. The number of hydrogen-bond donors (Lipinski definition) is 1. The molecule has 6 nitrogen and oxygen atoms in total. The molecule has 21 heavy (non-hydrogen) atoms. The Morgan fingerprint density at radius 3 is 2.38 bits per heavy atom. The van der Waals surface area contributed by atoms with Gasteiger partial charge in [-0.3, -0.25) is 4.57 Å². The molecule has 0 bridgehead atoms. The van der Waals surface area contributed by atoms with Gasteiger partial charge in [-0.15, -0.1) is 10.2 Å². The summed E-state index contributed by atoms with van der Waals surface area (Å²) in [5.41, 5.74) is 1.23. The number of sulfonamides is 1. The number of nitrogens with zero attached hydrogens (tertiary/aromatic N) is 3. The van der Waals surface area contributed by atoms with Crippen LogP contribution in [0.3, 0.4) is 0 Å². The molecule has 0 saturated carbocycles. The van der Waals surface area contributed by atoms with Gasteiger partial charge in [-0.2, -0.15) is 0 Å². The maximum Gasteiger partial charge on any atom is 0.273 e. The van der Waals surface area contributed by atoms with Crippen LogP contribution in [0.1, 0.15) is 26.3 Å². The summed E-state index contributed by atoms with van der Waals surface area (Å²) >= 11 is 3.46. The highest BCUT2D eigenvalue weighted by Crippen LogP contribution is 2.32. The van der Waals surface area contributed by atoms with Crippen molar-refractivity contribution >= 4 is 26.0 Å². The average Bonchev–Trinajstić information content (AvgIpc) is 2.76. The van der Waals surface area contributed by atoms with Crippen molar-refractivity contribution in [3.05, 3.63) is 28.2 Å². The lowest BCUT2D eigenvalue weighted by Gasteiger charge is -2.24. The van der Waals surface area contributed by atoms with E-state index in [1.165, 1.54) is 0 Å². The molecule has 2 N–H and O–H groups in total. The summed E-state index contributed by atoms with van der Waals surface area (Å²) in [6.45, 7) is 7.56. The molecule has 114 valence electrons. The van der Waals surface area contributed by atoms with E-state index in [0.717, 1.165) is 15.6 Å². The summed E-state index contributed by atoms with van der Waals surface area (Å²) in [6, 6.07) is 5.65. The van der Waals surface area contributed by atoms with Crippen LogP contribution in [-0.4, -0.2) is 23.2 Å². The summed E-state index contributed by atoms with van der Waals surface area (Å²) in [5.74, 6) is 0.477. The first-order chi connectivity index (χ1) is 9.53. The summed E-state index contributed by atoms with van der Waals surface area (Å²) in [5, 5.41) is 12.9. The quantitative estimate of drug-likeness (QED) is 0.875. The lowest BCUT2D eigenvalue weighted by atomic mass is 10.1. The lowest BCUT2D eigenvalue weighted by molar-refractivity contribution is 0.366. The number of aromatic nitrogens is 3. The van der Waals surface area contributed by atoms with Crippen LogP contribution in [0.25, 0.3) is 11.4 Å². The van der Waals surface area contributed by atoms with Crippen LogP contribution in [0.5, 0.6) is 0 Å². The van der Waals surface area contributed by atoms with Crippen molar-refractivity contribution in [2.75, 3.05) is 0 Å². The number of nitrogens with two attached hydrogens (primary N) is 1. The molecule has 0 unspecified atom stereocenters. The molecule has 0 radical (unpaired) electrons. The molecule has 0 saturated heterocycles. The Hall–Kier alpha value is -1.25. The molecule has 0 atom stereocenters. The molecule has 2 aromatic rings. The Morgan fingerprint density at radius 2 is 1.86 bits per heavy atom. The normalized spacial score (nSPS) is 12.7. The van der Waals surface area contributed by atoms with Crippen molar-refractivity contribution in [3.8, 4) is 11.4 Å². The molecule has 8 heteroatoms. The Morgan fingerprint density at radius 1 is 1.24 bits per heavy atom. The van der Waals surface area contributed by atoms with Gasteiger partial charge in [-0.05, 0) is 39.3 Å². The third-order valence-electron chi connectivity index (χ3n) is 3.07. The maximum absolute atomic E-state index is 11.7. The standard InChI is InChI=1S/C13H17BrN4O2S/c1-8-9(6-5-7-10(8)14)11-16-17-12(21(15,19)20)18(11)13(2,3)4/h5-7H,1-4H3,(H2,15,19,20). The number of primary sulfonamides is 1. The Balaban J connectivity index is 2.83. The van der Waals surface area contributed by atoms with Crippen molar-refractivity contribution in [2.45, 2.75) is 38.4 Å². The number of hydrogen-bond acceptors (Lipinski definition) is 4. The van der Waals surface area contributed by atoms with E-state index in [1.54, 1.807) is 4.57 Å². The zero-order chi connectivity index (χ0) is 16.0. The molecule has 2 rings (SSSR count). The first-order valence-electron chi connectivity index (χ1n) is 6.27. The number of halogens is 1. The third kappa shape index (κ3) is 3.02. The largest absolute Gasteiger partial charge is 0.291 e. The van der Waals surface area contributed by atoms with E-state index in [1.807, 2.05) is 45.9 Å². The summed E-state index contributed by atoms with van der Waals surface area (Å²) < 4.78 is 26.0. The van der Waals surface area contributed by atoms with Gasteiger partial charge < -0.3 is 0 Å². The molecule has 0 aliphatic heterocycles. The van der Waals surface area contributed by atoms with E-state index in [4.69, 9.17) is 5.14 Å². The fourth-order valence-electron chi connectivity index (χ4n) is 2.08. The smallest absolute Gasteiger partial charge is 0.273 e. The summed E-state index contributed by atoms with van der Waals surface area (Å²) in [7, 11) is -3.95. The molecule has 1 heterocycles. The topological polar surface area (TPSA) is 90.9 Å². The van der Waals surface area contributed by atoms with Crippen LogP contribution < -0.4 is 5.14 Å². The molecule has 0 fully saturated rings. The van der Waals surface area contributed by atoms with E-state index >= 15 is 0 Å². The van der Waals surface area contributed by atoms with Gasteiger partial charge in [0.15, 0.2) is 5.82 Å². The SMILES string of the molecule is Cc1c(Br)cccc1-c1nnc(S(N)(=O)=O)n1C(C)(C)C. The molecular formula is C13H17BrN4O2S. The molecule has 1 aromatic carbocycles. The van der Waals surface area contributed by atoms with Crippen LogP contribution in [0.4, 0.5) is 0 Å². The van der Waals surface area contributed by atoms with Gasteiger partial charge in [0.05, 0.1) is 0 Å². The minimum Gasteiger partial charge on any atom is -0.291 e. The van der Waals surface area contributed by atoms with Crippen molar-refractivity contribution in [2.24, 2.45) is 5.14 Å². The van der Waals surface area contributed by atoms with E-state index in [-0.39, 0.29) is 5.16 Å². The van der Waals surface area contributed by atoms with Crippen molar-refractivity contribution in [1.82, 2.24) is 14.8 Å². The van der Waals surface area contributed by atoms with E-state index < -0.39 is 15.6 Å². The van der Waals surface area contributed by atoms with Crippen LogP contribution >= 0.6 is 15.9 Å². The van der Waals surface area contributed by atoms with Crippen molar-refractivity contribution in [1.29, 1.82) is 0 Å². The molecule has 0 aliphatic carbocycles. The Labute approximate surface area is 132 Å². The van der Waals surface area contributed by atoms with Crippen LogP contribution in [0.15, 0.2) is 27.8 Å². The van der Waals surface area contributed by atoms with Crippen LogP contribution in [0, 0.1) is 6.92 Å². The van der Waals surface area contributed by atoms with Gasteiger partial charge in [0, 0.05) is 15.6 Å². The van der Waals surface area contributed by atoms with Gasteiger partial charge in [0.25, 0.3) is 15.2 Å². The predicted octanol–water partition coefficient (Wildman–Crippen LogP) is 2.42. The third-order valence-corrected chi connectivity index (χ3v) is 4.70. The summed E-state index contributed by atoms with van der Waals surface area (Å²) in [4.78, 5) is 0. The molecule has 0 amide bonds. The predicted molar refractivity (Wildman–Crippen MR) is 84.3 cm³/mol. The van der Waals surface area contributed by atoms with Crippen LogP contribution in [-0.2, 0) is 15.6 Å². The monoisotopic (exact) mass is 372 g/mol. The molecular weight excluding hydrogens is 356 g/mol. The second kappa shape index (κ2) is 5.19. The number of rotatable bonds is 2. The molecule has 0 spiro atoms. The molecule has 1 aromatic heterocycles. The van der Waals surface area contributed by atoms with Gasteiger partial charge in [0.2, 0.25) is 0 Å². The van der Waals surface area contributed by atoms with Crippen molar-refractivity contribution < 1.29 is 8.42 Å². The highest BCUT2D eigenvalue weighted by molar-refractivity contribution is 9.10. The second-order valence-electron chi connectivity index (χ2n) is 5.77. The average molecular weight is 373 g/mol. The number of benzene rings is 1. The molecule has 0 aliphatic rings.